The molecule has 0 radical (unpaired) electrons. The standard InChI is InChI=1S/C21H27N3O2/c1-3-21-22-11-15(12-23-21)13-24-17-8-7-16(9-17)20(24)14-26-19-6-4-5-18(10-19)25-2/h4-6,10-12,16-17,20H,3,7-9,13-14H2,1-2H3/t16?,17?,20-/m0/s1. The van der Waals surface area contributed by atoms with E-state index in [0.717, 1.165) is 42.8 Å². The quantitative estimate of drug-likeness (QED) is 0.763. The summed E-state index contributed by atoms with van der Waals surface area (Å²) in [6, 6.07) is 9.00. The molecule has 5 heteroatoms. The number of benzene rings is 1. The molecule has 1 saturated heterocycles. The summed E-state index contributed by atoms with van der Waals surface area (Å²) in [5.74, 6) is 3.36. The van der Waals surface area contributed by atoms with Crippen LogP contribution >= 0.6 is 0 Å². The van der Waals surface area contributed by atoms with Crippen LogP contribution in [0.15, 0.2) is 36.7 Å². The maximum absolute atomic E-state index is 6.14. The smallest absolute Gasteiger partial charge is 0.127 e. The van der Waals surface area contributed by atoms with E-state index in [1.54, 1.807) is 7.11 Å². The van der Waals surface area contributed by atoms with Crippen molar-refractivity contribution in [3.63, 3.8) is 0 Å². The Morgan fingerprint density at radius 3 is 2.73 bits per heavy atom. The zero-order valence-corrected chi connectivity index (χ0v) is 15.6. The number of hydrogen-bond donors (Lipinski definition) is 0. The van der Waals surface area contributed by atoms with Gasteiger partial charge in [0.25, 0.3) is 0 Å². The summed E-state index contributed by atoms with van der Waals surface area (Å²) in [5, 5.41) is 0. The van der Waals surface area contributed by atoms with Crippen LogP contribution in [-0.2, 0) is 13.0 Å². The van der Waals surface area contributed by atoms with E-state index in [1.165, 1.54) is 24.8 Å². The molecule has 1 aromatic carbocycles. The molecule has 2 fully saturated rings. The molecule has 0 spiro atoms. The highest BCUT2D eigenvalue weighted by Gasteiger charge is 2.45. The second kappa shape index (κ2) is 7.62. The molecule has 3 atom stereocenters. The van der Waals surface area contributed by atoms with Crippen LogP contribution in [-0.4, -0.2) is 40.7 Å². The van der Waals surface area contributed by atoms with Gasteiger partial charge >= 0.3 is 0 Å². The van der Waals surface area contributed by atoms with E-state index in [4.69, 9.17) is 9.47 Å². The number of hydrogen-bond acceptors (Lipinski definition) is 5. The fraction of sp³-hybridized carbons (Fsp3) is 0.524. The fourth-order valence-electron chi connectivity index (χ4n) is 4.39. The van der Waals surface area contributed by atoms with Crippen LogP contribution in [0.25, 0.3) is 0 Å². The zero-order chi connectivity index (χ0) is 17.9. The van der Waals surface area contributed by atoms with Gasteiger partial charge in [0.1, 0.15) is 23.9 Å². The molecular formula is C21H27N3O2. The highest BCUT2D eigenvalue weighted by molar-refractivity contribution is 5.32. The van der Waals surface area contributed by atoms with Crippen LogP contribution < -0.4 is 9.47 Å². The molecule has 1 saturated carbocycles. The molecule has 2 unspecified atom stereocenters. The Bertz CT molecular complexity index is 734. The first-order valence-electron chi connectivity index (χ1n) is 9.59. The van der Waals surface area contributed by atoms with Crippen molar-refractivity contribution in [2.24, 2.45) is 5.92 Å². The first-order valence-corrected chi connectivity index (χ1v) is 9.59. The van der Waals surface area contributed by atoms with Gasteiger partial charge in [0, 0.05) is 49.1 Å². The normalized spacial score (nSPS) is 24.8. The van der Waals surface area contributed by atoms with Crippen molar-refractivity contribution in [2.75, 3.05) is 13.7 Å². The Morgan fingerprint density at radius 1 is 1.15 bits per heavy atom. The lowest BCUT2D eigenvalue weighted by Crippen LogP contribution is -2.43. The summed E-state index contributed by atoms with van der Waals surface area (Å²) in [6.07, 6.45) is 8.76. The third-order valence-electron chi connectivity index (χ3n) is 5.79. The van der Waals surface area contributed by atoms with Crippen LogP contribution in [0.2, 0.25) is 0 Å². The number of methoxy groups -OCH3 is 1. The summed E-state index contributed by atoms with van der Waals surface area (Å²) in [7, 11) is 1.68. The Balaban J connectivity index is 1.43. The van der Waals surface area contributed by atoms with Crippen LogP contribution in [0.4, 0.5) is 0 Å². The average Bonchev–Trinajstić information content (AvgIpc) is 3.29. The minimum atomic E-state index is 0.464. The third kappa shape index (κ3) is 3.54. The van der Waals surface area contributed by atoms with E-state index in [1.807, 2.05) is 36.7 Å². The number of likely N-dealkylation sites (tertiary alicyclic amines) is 1. The molecular weight excluding hydrogens is 326 g/mol. The SMILES string of the molecule is CCc1ncc(CN2C3CCC(C3)[C@@H]2COc2cccc(OC)c2)cn1. The summed E-state index contributed by atoms with van der Waals surface area (Å²) in [5.41, 5.74) is 1.20. The average molecular weight is 353 g/mol. The topological polar surface area (TPSA) is 47.5 Å². The van der Waals surface area contributed by atoms with E-state index in [0.29, 0.717) is 12.1 Å². The monoisotopic (exact) mass is 353 g/mol. The summed E-state index contributed by atoms with van der Waals surface area (Å²) < 4.78 is 11.4. The molecule has 2 heterocycles. The van der Waals surface area contributed by atoms with Crippen molar-refractivity contribution < 1.29 is 9.47 Å². The van der Waals surface area contributed by atoms with Crippen molar-refractivity contribution >= 4 is 0 Å². The number of ether oxygens (including phenoxy) is 2. The molecule has 4 rings (SSSR count). The third-order valence-corrected chi connectivity index (χ3v) is 5.79. The highest BCUT2D eigenvalue weighted by atomic mass is 16.5. The minimum Gasteiger partial charge on any atom is -0.497 e. The van der Waals surface area contributed by atoms with E-state index in [2.05, 4.69) is 21.8 Å². The second-order valence-corrected chi connectivity index (χ2v) is 7.32. The van der Waals surface area contributed by atoms with Gasteiger partial charge in [-0.2, -0.15) is 0 Å². The second-order valence-electron chi connectivity index (χ2n) is 7.32. The highest BCUT2D eigenvalue weighted by Crippen LogP contribution is 2.43. The maximum Gasteiger partial charge on any atom is 0.127 e. The minimum absolute atomic E-state index is 0.464. The maximum atomic E-state index is 6.14. The largest absolute Gasteiger partial charge is 0.497 e. The number of nitrogens with zero attached hydrogens (tertiary/aromatic N) is 3. The van der Waals surface area contributed by atoms with Gasteiger partial charge in [0.05, 0.1) is 7.11 Å². The number of aromatic nitrogens is 2. The van der Waals surface area contributed by atoms with E-state index in [-0.39, 0.29) is 0 Å². The van der Waals surface area contributed by atoms with Crippen molar-refractivity contribution in [3.8, 4) is 11.5 Å². The molecule has 1 aromatic heterocycles. The lowest BCUT2D eigenvalue weighted by molar-refractivity contribution is 0.0864. The van der Waals surface area contributed by atoms with Crippen molar-refractivity contribution in [1.29, 1.82) is 0 Å². The van der Waals surface area contributed by atoms with Crippen LogP contribution in [0.3, 0.4) is 0 Å². The predicted molar refractivity (Wildman–Crippen MR) is 100 cm³/mol. The van der Waals surface area contributed by atoms with Gasteiger partial charge in [-0.3, -0.25) is 4.90 Å². The van der Waals surface area contributed by atoms with Gasteiger partial charge in [-0.25, -0.2) is 9.97 Å². The summed E-state index contributed by atoms with van der Waals surface area (Å²) in [4.78, 5) is 11.5. The zero-order valence-electron chi connectivity index (χ0n) is 15.6. The molecule has 26 heavy (non-hydrogen) atoms. The number of fused-ring (bicyclic) bond motifs is 2. The van der Waals surface area contributed by atoms with E-state index < -0.39 is 0 Å². The number of piperidine rings is 1. The molecule has 0 amide bonds. The summed E-state index contributed by atoms with van der Waals surface area (Å²) >= 11 is 0. The van der Waals surface area contributed by atoms with E-state index >= 15 is 0 Å². The van der Waals surface area contributed by atoms with Gasteiger partial charge in [-0.15, -0.1) is 0 Å². The molecule has 1 aliphatic carbocycles. The van der Waals surface area contributed by atoms with Crippen molar-refractivity contribution in [1.82, 2.24) is 14.9 Å². The first kappa shape index (κ1) is 17.3. The molecule has 2 aliphatic rings. The van der Waals surface area contributed by atoms with Crippen molar-refractivity contribution in [3.05, 3.63) is 48.0 Å². The molecule has 1 aliphatic heterocycles. The Kier molecular flexibility index (Phi) is 5.07. The molecule has 2 aromatic rings. The fourth-order valence-corrected chi connectivity index (χ4v) is 4.39. The molecule has 138 valence electrons. The van der Waals surface area contributed by atoms with Gasteiger partial charge in [-0.05, 0) is 37.3 Å². The molecule has 2 bridgehead atoms. The molecule has 5 nitrogen and oxygen atoms in total. The van der Waals surface area contributed by atoms with Crippen LogP contribution in [0.1, 0.15) is 37.6 Å². The Hall–Kier alpha value is -2.14. The van der Waals surface area contributed by atoms with Gasteiger partial charge in [-0.1, -0.05) is 13.0 Å². The lowest BCUT2D eigenvalue weighted by Gasteiger charge is -2.35. The first-order chi connectivity index (χ1) is 12.8. The molecule has 0 N–H and O–H groups in total. The van der Waals surface area contributed by atoms with Gasteiger partial charge in [0.15, 0.2) is 0 Å². The number of rotatable bonds is 7. The lowest BCUT2D eigenvalue weighted by atomic mass is 9.99. The number of aryl methyl sites for hydroxylation is 1. The Labute approximate surface area is 155 Å². The van der Waals surface area contributed by atoms with E-state index in [9.17, 15) is 0 Å². The Morgan fingerprint density at radius 2 is 1.96 bits per heavy atom. The van der Waals surface area contributed by atoms with Gasteiger partial charge in [0.2, 0.25) is 0 Å². The van der Waals surface area contributed by atoms with Crippen molar-refractivity contribution in [2.45, 2.75) is 51.2 Å². The predicted octanol–water partition coefficient (Wildman–Crippen LogP) is 3.48. The summed E-state index contributed by atoms with van der Waals surface area (Å²) in [6.45, 7) is 3.72. The van der Waals surface area contributed by atoms with Crippen LogP contribution in [0.5, 0.6) is 11.5 Å². The van der Waals surface area contributed by atoms with Gasteiger partial charge < -0.3 is 9.47 Å². The van der Waals surface area contributed by atoms with Crippen LogP contribution in [0, 0.1) is 5.92 Å².